The lowest BCUT2D eigenvalue weighted by molar-refractivity contribution is -0.120. The molecule has 0 fully saturated rings. The van der Waals surface area contributed by atoms with Crippen LogP contribution in [0.25, 0.3) is 11.0 Å². The fourth-order valence-electron chi connectivity index (χ4n) is 1.76. The lowest BCUT2D eigenvalue weighted by Gasteiger charge is -2.10. The van der Waals surface area contributed by atoms with Crippen LogP contribution in [0.5, 0.6) is 0 Å². The molecule has 1 aromatic heterocycles. The molecule has 1 amide bonds. The Labute approximate surface area is 111 Å². The van der Waals surface area contributed by atoms with E-state index in [9.17, 15) is 4.79 Å². The lowest BCUT2D eigenvalue weighted by Crippen LogP contribution is -2.30. The third-order valence-electron chi connectivity index (χ3n) is 2.75. The van der Waals surface area contributed by atoms with Crippen molar-refractivity contribution >= 4 is 28.7 Å². The zero-order valence-corrected chi connectivity index (χ0v) is 11.6. The van der Waals surface area contributed by atoms with E-state index in [2.05, 4.69) is 10.3 Å². The van der Waals surface area contributed by atoms with Crippen LogP contribution in [0.4, 0.5) is 0 Å². The number of imidazole rings is 1. The Morgan fingerprint density at radius 1 is 1.50 bits per heavy atom. The van der Waals surface area contributed by atoms with Crippen molar-refractivity contribution in [3.63, 3.8) is 0 Å². The molecule has 4 nitrogen and oxygen atoms in total. The molecular weight excluding hydrogens is 246 g/mol. The Bertz CT molecular complexity index is 564. The molecule has 0 spiro atoms. The van der Waals surface area contributed by atoms with Gasteiger partial charge < -0.3 is 9.88 Å². The minimum absolute atomic E-state index is 0.0505. The van der Waals surface area contributed by atoms with Gasteiger partial charge in [-0.05, 0) is 26.0 Å². The Hall–Kier alpha value is -1.49. The van der Waals surface area contributed by atoms with Crippen molar-refractivity contribution in [3.8, 4) is 0 Å². The van der Waals surface area contributed by atoms with Crippen LogP contribution in [0.15, 0.2) is 29.4 Å². The number of hydrogen-bond donors (Lipinski definition) is 1. The number of aryl methyl sites for hydroxylation is 1. The van der Waals surface area contributed by atoms with Gasteiger partial charge in [0.2, 0.25) is 5.91 Å². The summed E-state index contributed by atoms with van der Waals surface area (Å²) in [5, 5.41) is 3.55. The summed E-state index contributed by atoms with van der Waals surface area (Å²) in [4.78, 5) is 16.2. The van der Waals surface area contributed by atoms with Gasteiger partial charge in [-0.15, -0.1) is 0 Å². The number of fused-ring (bicyclic) bond motifs is 1. The van der Waals surface area contributed by atoms with Crippen LogP contribution in [-0.2, 0) is 11.8 Å². The van der Waals surface area contributed by atoms with E-state index in [1.54, 1.807) is 0 Å². The van der Waals surface area contributed by atoms with Crippen molar-refractivity contribution < 1.29 is 4.79 Å². The zero-order chi connectivity index (χ0) is 13.1. The molecule has 1 heterocycles. The number of aromatic nitrogens is 2. The number of hydrogen-bond acceptors (Lipinski definition) is 3. The van der Waals surface area contributed by atoms with E-state index >= 15 is 0 Å². The van der Waals surface area contributed by atoms with Crippen LogP contribution in [0.3, 0.4) is 0 Å². The molecule has 0 radical (unpaired) electrons. The molecule has 5 heteroatoms. The number of para-hydroxylation sites is 2. The molecule has 1 atom stereocenters. The van der Waals surface area contributed by atoms with E-state index < -0.39 is 0 Å². The highest BCUT2D eigenvalue weighted by Gasteiger charge is 2.17. The fourth-order valence-corrected chi connectivity index (χ4v) is 2.67. The summed E-state index contributed by atoms with van der Waals surface area (Å²) in [5.74, 6) is 0.0505. The Balaban J connectivity index is 2.21. The largest absolute Gasteiger partial charge is 0.355 e. The van der Waals surface area contributed by atoms with Gasteiger partial charge in [0.15, 0.2) is 5.16 Å². The molecule has 2 rings (SSSR count). The van der Waals surface area contributed by atoms with Crippen LogP contribution in [-0.4, -0.2) is 27.3 Å². The minimum atomic E-state index is -0.138. The molecule has 2 aromatic rings. The van der Waals surface area contributed by atoms with E-state index in [4.69, 9.17) is 0 Å². The van der Waals surface area contributed by atoms with Crippen LogP contribution in [0.1, 0.15) is 13.8 Å². The number of nitrogens with one attached hydrogen (secondary N) is 1. The molecular formula is C13H17N3OS. The second-order valence-corrected chi connectivity index (χ2v) is 5.40. The first kappa shape index (κ1) is 13.0. The first-order chi connectivity index (χ1) is 8.63. The van der Waals surface area contributed by atoms with Crippen molar-refractivity contribution in [2.75, 3.05) is 6.54 Å². The third-order valence-corrected chi connectivity index (χ3v) is 3.89. The van der Waals surface area contributed by atoms with Gasteiger partial charge in [-0.2, -0.15) is 0 Å². The van der Waals surface area contributed by atoms with Crippen molar-refractivity contribution in [2.45, 2.75) is 24.3 Å². The first-order valence-corrected chi connectivity index (χ1v) is 6.87. The second kappa shape index (κ2) is 5.44. The van der Waals surface area contributed by atoms with Gasteiger partial charge in [0.1, 0.15) is 0 Å². The van der Waals surface area contributed by atoms with Crippen molar-refractivity contribution in [2.24, 2.45) is 7.05 Å². The topological polar surface area (TPSA) is 46.9 Å². The third kappa shape index (κ3) is 2.51. The normalized spacial score (nSPS) is 12.6. The van der Waals surface area contributed by atoms with Crippen molar-refractivity contribution in [1.82, 2.24) is 14.9 Å². The number of carbonyl (C=O) groups is 1. The molecule has 0 unspecified atom stereocenters. The zero-order valence-electron chi connectivity index (χ0n) is 10.8. The molecule has 1 aromatic carbocycles. The molecule has 0 aliphatic heterocycles. The summed E-state index contributed by atoms with van der Waals surface area (Å²) in [5.41, 5.74) is 2.05. The monoisotopic (exact) mass is 263 g/mol. The van der Waals surface area contributed by atoms with Gasteiger partial charge in [-0.1, -0.05) is 23.9 Å². The van der Waals surface area contributed by atoms with Crippen LogP contribution >= 0.6 is 11.8 Å². The van der Waals surface area contributed by atoms with Gasteiger partial charge >= 0.3 is 0 Å². The Morgan fingerprint density at radius 3 is 2.89 bits per heavy atom. The smallest absolute Gasteiger partial charge is 0.233 e. The summed E-state index contributed by atoms with van der Waals surface area (Å²) >= 11 is 1.48. The van der Waals surface area contributed by atoms with E-state index in [1.807, 2.05) is 49.7 Å². The molecule has 0 aliphatic carbocycles. The number of benzene rings is 1. The number of thioether (sulfide) groups is 1. The number of carbonyl (C=O) groups excluding carboxylic acids is 1. The Morgan fingerprint density at radius 2 is 2.22 bits per heavy atom. The average molecular weight is 263 g/mol. The SMILES string of the molecule is CCNC(=O)[C@H](C)Sc1nc2ccccc2n1C. The molecule has 96 valence electrons. The fraction of sp³-hybridized carbons (Fsp3) is 0.385. The highest BCUT2D eigenvalue weighted by atomic mass is 32.2. The summed E-state index contributed by atoms with van der Waals surface area (Å²) in [7, 11) is 1.97. The van der Waals surface area contributed by atoms with Crippen LogP contribution in [0, 0.1) is 0 Å². The van der Waals surface area contributed by atoms with Gasteiger partial charge in [-0.25, -0.2) is 4.98 Å². The summed E-state index contributed by atoms with van der Waals surface area (Å²) in [6, 6.07) is 7.97. The molecule has 1 N–H and O–H groups in total. The van der Waals surface area contributed by atoms with Gasteiger partial charge in [0.25, 0.3) is 0 Å². The lowest BCUT2D eigenvalue weighted by atomic mass is 10.3. The maximum atomic E-state index is 11.7. The molecule has 0 saturated carbocycles. The highest BCUT2D eigenvalue weighted by molar-refractivity contribution is 8.00. The van der Waals surface area contributed by atoms with Gasteiger partial charge in [-0.3, -0.25) is 4.79 Å². The highest BCUT2D eigenvalue weighted by Crippen LogP contribution is 2.25. The number of amides is 1. The predicted molar refractivity (Wildman–Crippen MR) is 74.7 cm³/mol. The van der Waals surface area contributed by atoms with E-state index in [1.165, 1.54) is 11.8 Å². The Kier molecular flexibility index (Phi) is 3.91. The van der Waals surface area contributed by atoms with Crippen LogP contribution < -0.4 is 5.32 Å². The summed E-state index contributed by atoms with van der Waals surface area (Å²) < 4.78 is 2.02. The molecule has 0 bridgehead atoms. The molecule has 0 aliphatic rings. The van der Waals surface area contributed by atoms with Crippen LogP contribution in [0.2, 0.25) is 0 Å². The quantitative estimate of drug-likeness (QED) is 0.860. The molecule has 18 heavy (non-hydrogen) atoms. The maximum absolute atomic E-state index is 11.7. The maximum Gasteiger partial charge on any atom is 0.233 e. The predicted octanol–water partition coefficient (Wildman–Crippen LogP) is 2.19. The van der Waals surface area contributed by atoms with E-state index in [0.717, 1.165) is 16.2 Å². The van der Waals surface area contributed by atoms with E-state index in [-0.39, 0.29) is 11.2 Å². The van der Waals surface area contributed by atoms with Gasteiger partial charge in [0.05, 0.1) is 16.3 Å². The average Bonchev–Trinajstić information content (AvgIpc) is 2.67. The summed E-state index contributed by atoms with van der Waals surface area (Å²) in [6.45, 7) is 4.48. The second-order valence-electron chi connectivity index (χ2n) is 4.10. The number of nitrogens with zero attached hydrogens (tertiary/aromatic N) is 2. The number of rotatable bonds is 4. The van der Waals surface area contributed by atoms with E-state index in [0.29, 0.717) is 6.54 Å². The first-order valence-electron chi connectivity index (χ1n) is 5.99. The minimum Gasteiger partial charge on any atom is -0.355 e. The molecule has 0 saturated heterocycles. The summed E-state index contributed by atoms with van der Waals surface area (Å²) in [6.07, 6.45) is 0. The van der Waals surface area contributed by atoms with Gasteiger partial charge in [0, 0.05) is 13.6 Å². The standard InChI is InChI=1S/C13H17N3OS/c1-4-14-12(17)9(2)18-13-15-10-7-5-6-8-11(10)16(13)3/h5-9H,4H2,1-3H3,(H,14,17)/t9-/m0/s1. The van der Waals surface area contributed by atoms with Crippen molar-refractivity contribution in [3.05, 3.63) is 24.3 Å². The van der Waals surface area contributed by atoms with Crippen molar-refractivity contribution in [1.29, 1.82) is 0 Å².